The van der Waals surface area contributed by atoms with Crippen molar-refractivity contribution in [3.8, 4) is 0 Å². The van der Waals surface area contributed by atoms with E-state index in [-0.39, 0.29) is 6.15 Å². The Morgan fingerprint density at radius 1 is 1.27 bits per heavy atom. The Labute approximate surface area is 68.0 Å². The molecule has 0 aliphatic heterocycles. The highest BCUT2D eigenvalue weighted by Crippen LogP contribution is 2.28. The maximum absolute atomic E-state index is 2.35. The molecule has 1 aromatic rings. The number of fused-ring (bicyclic) bond motifs is 1. The first-order valence-corrected chi connectivity index (χ1v) is 4.01. The average Bonchev–Trinajstić information content (AvgIpc) is 2.66. The van der Waals surface area contributed by atoms with E-state index in [9.17, 15) is 0 Å². The van der Waals surface area contributed by atoms with Gasteiger partial charge in [-0.05, 0) is 29.5 Å². The molecule has 1 aliphatic rings. The summed E-state index contributed by atoms with van der Waals surface area (Å²) in [4.78, 5) is 0. The quantitative estimate of drug-likeness (QED) is 0.700. The summed E-state index contributed by atoms with van der Waals surface area (Å²) in [7, 11) is 0. The Bertz CT molecular complexity index is 253. The predicted octanol–water partition coefficient (Wildman–Crippen LogP) is 2.71. The fourth-order valence-corrected chi connectivity index (χ4v) is 1.39. The van der Waals surface area contributed by atoms with Crippen molar-refractivity contribution in [3.63, 3.8) is 0 Å². The summed E-state index contributed by atoms with van der Waals surface area (Å²) >= 11 is 0. The van der Waals surface area contributed by atoms with Crippen molar-refractivity contribution in [1.29, 1.82) is 0 Å². The van der Waals surface area contributed by atoms with Crippen molar-refractivity contribution < 1.29 is 0 Å². The highest BCUT2D eigenvalue weighted by molar-refractivity contribution is 5.47. The molecule has 3 N–H and O–H groups in total. The highest BCUT2D eigenvalue weighted by Gasteiger charge is 2.15. The summed E-state index contributed by atoms with van der Waals surface area (Å²) in [6.45, 7) is 2.23. The molecular formula is C10H15N. The van der Waals surface area contributed by atoms with Crippen LogP contribution in [-0.4, -0.2) is 0 Å². The topological polar surface area (TPSA) is 35.0 Å². The van der Waals surface area contributed by atoms with Crippen molar-refractivity contribution in [2.24, 2.45) is 0 Å². The standard InChI is InChI=1S/C10H12.H3N/c1-2-3-8-4-5-9-7-10(9)6-8;/h4-6H,2-3,7H2,1H3;1H3. The van der Waals surface area contributed by atoms with Crippen LogP contribution in [0, 0.1) is 0 Å². The van der Waals surface area contributed by atoms with Crippen molar-refractivity contribution in [2.75, 3.05) is 0 Å². The lowest BCUT2D eigenvalue weighted by atomic mass is 10.1. The van der Waals surface area contributed by atoms with Crippen LogP contribution < -0.4 is 6.15 Å². The molecule has 0 fully saturated rings. The molecule has 0 amide bonds. The van der Waals surface area contributed by atoms with Crippen LogP contribution in [-0.2, 0) is 12.8 Å². The van der Waals surface area contributed by atoms with E-state index in [2.05, 4.69) is 25.1 Å². The number of hydrogen-bond acceptors (Lipinski definition) is 1. The summed E-state index contributed by atoms with van der Waals surface area (Å²) in [5.41, 5.74) is 4.64. The first kappa shape index (κ1) is 8.28. The van der Waals surface area contributed by atoms with Gasteiger partial charge in [0.15, 0.2) is 0 Å². The van der Waals surface area contributed by atoms with Gasteiger partial charge in [0.25, 0.3) is 0 Å². The van der Waals surface area contributed by atoms with Gasteiger partial charge in [-0.15, -0.1) is 0 Å². The van der Waals surface area contributed by atoms with Gasteiger partial charge in [0.2, 0.25) is 0 Å². The van der Waals surface area contributed by atoms with Crippen LogP contribution >= 0.6 is 0 Å². The molecule has 1 aromatic carbocycles. The van der Waals surface area contributed by atoms with E-state index >= 15 is 0 Å². The van der Waals surface area contributed by atoms with E-state index in [1.165, 1.54) is 24.8 Å². The first-order valence-electron chi connectivity index (χ1n) is 4.01. The molecule has 0 aromatic heterocycles. The van der Waals surface area contributed by atoms with Gasteiger partial charge in [0, 0.05) is 0 Å². The summed E-state index contributed by atoms with van der Waals surface area (Å²) in [5, 5.41) is 0. The lowest BCUT2D eigenvalue weighted by molar-refractivity contribution is 0.922. The molecule has 0 bridgehead atoms. The molecule has 1 aliphatic carbocycles. The van der Waals surface area contributed by atoms with Gasteiger partial charge in [-0.3, -0.25) is 0 Å². The molecule has 1 heteroatoms. The molecule has 0 saturated carbocycles. The van der Waals surface area contributed by atoms with Crippen LogP contribution in [0.15, 0.2) is 18.2 Å². The molecule has 11 heavy (non-hydrogen) atoms. The largest absolute Gasteiger partial charge is 0.344 e. The lowest BCUT2D eigenvalue weighted by Gasteiger charge is -1.93. The minimum absolute atomic E-state index is 0. The van der Waals surface area contributed by atoms with Crippen molar-refractivity contribution in [1.82, 2.24) is 6.15 Å². The van der Waals surface area contributed by atoms with E-state index in [1.54, 1.807) is 11.1 Å². The van der Waals surface area contributed by atoms with Crippen molar-refractivity contribution in [2.45, 2.75) is 26.2 Å². The molecule has 0 unspecified atom stereocenters. The van der Waals surface area contributed by atoms with E-state index in [0.29, 0.717) is 0 Å². The normalized spacial score (nSPS) is 11.7. The third-order valence-corrected chi connectivity index (χ3v) is 2.07. The number of aryl methyl sites for hydroxylation is 1. The molecule has 0 radical (unpaired) electrons. The molecule has 1 nitrogen and oxygen atoms in total. The van der Waals surface area contributed by atoms with E-state index in [0.717, 1.165) is 0 Å². The van der Waals surface area contributed by atoms with Gasteiger partial charge in [-0.2, -0.15) is 0 Å². The summed E-state index contributed by atoms with van der Waals surface area (Å²) in [6, 6.07) is 6.87. The zero-order chi connectivity index (χ0) is 6.97. The van der Waals surface area contributed by atoms with Crippen LogP contribution in [0.25, 0.3) is 0 Å². The summed E-state index contributed by atoms with van der Waals surface area (Å²) in [5.74, 6) is 0. The molecular weight excluding hydrogens is 134 g/mol. The Hall–Kier alpha value is -0.820. The molecule has 2 rings (SSSR count). The molecule has 60 valence electrons. The van der Waals surface area contributed by atoms with Crippen LogP contribution in [0.1, 0.15) is 30.0 Å². The summed E-state index contributed by atoms with van der Waals surface area (Å²) in [6.07, 6.45) is 3.76. The Morgan fingerprint density at radius 3 is 2.73 bits per heavy atom. The minimum Gasteiger partial charge on any atom is -0.344 e. The lowest BCUT2D eigenvalue weighted by Crippen LogP contribution is -1.79. The predicted molar refractivity (Wildman–Crippen MR) is 48.3 cm³/mol. The Balaban J connectivity index is 0.000000605. The number of rotatable bonds is 2. The number of benzene rings is 1. The monoisotopic (exact) mass is 149 g/mol. The fourth-order valence-electron chi connectivity index (χ4n) is 1.39. The first-order chi connectivity index (χ1) is 4.90. The minimum atomic E-state index is 0. The van der Waals surface area contributed by atoms with Crippen molar-refractivity contribution in [3.05, 3.63) is 34.9 Å². The molecule has 0 heterocycles. The third-order valence-electron chi connectivity index (χ3n) is 2.07. The fraction of sp³-hybridized carbons (Fsp3) is 0.400. The van der Waals surface area contributed by atoms with Crippen LogP contribution in [0.3, 0.4) is 0 Å². The summed E-state index contributed by atoms with van der Waals surface area (Å²) < 4.78 is 0. The van der Waals surface area contributed by atoms with Gasteiger partial charge in [0.05, 0.1) is 0 Å². The second-order valence-corrected chi connectivity index (χ2v) is 3.03. The number of hydrogen-bond donors (Lipinski definition) is 1. The van der Waals surface area contributed by atoms with Gasteiger partial charge < -0.3 is 6.15 Å². The zero-order valence-electron chi connectivity index (χ0n) is 7.06. The third kappa shape index (κ3) is 1.60. The molecule has 0 saturated heterocycles. The van der Waals surface area contributed by atoms with Crippen LogP contribution in [0.5, 0.6) is 0 Å². The van der Waals surface area contributed by atoms with Crippen LogP contribution in [0.2, 0.25) is 0 Å². The van der Waals surface area contributed by atoms with E-state index < -0.39 is 0 Å². The second kappa shape index (κ2) is 3.05. The van der Waals surface area contributed by atoms with Gasteiger partial charge >= 0.3 is 0 Å². The zero-order valence-corrected chi connectivity index (χ0v) is 7.06. The Kier molecular flexibility index (Phi) is 2.30. The van der Waals surface area contributed by atoms with Gasteiger partial charge in [0.1, 0.15) is 0 Å². The van der Waals surface area contributed by atoms with Gasteiger partial charge in [-0.25, -0.2) is 0 Å². The van der Waals surface area contributed by atoms with E-state index in [4.69, 9.17) is 0 Å². The van der Waals surface area contributed by atoms with Crippen LogP contribution in [0.4, 0.5) is 0 Å². The SMILES string of the molecule is CCCc1ccc2c(c1)C2.N. The second-order valence-electron chi connectivity index (χ2n) is 3.03. The van der Waals surface area contributed by atoms with E-state index in [1.807, 2.05) is 0 Å². The van der Waals surface area contributed by atoms with Crippen molar-refractivity contribution >= 4 is 0 Å². The molecule has 0 spiro atoms. The maximum Gasteiger partial charge on any atom is -0.00200 e. The van der Waals surface area contributed by atoms with Gasteiger partial charge in [-0.1, -0.05) is 31.5 Å². The highest BCUT2D eigenvalue weighted by atomic mass is 14.2. The Morgan fingerprint density at radius 2 is 2.09 bits per heavy atom. The maximum atomic E-state index is 2.35. The average molecular weight is 149 g/mol. The molecule has 0 atom stereocenters. The smallest absolute Gasteiger partial charge is 0.00200 e.